The molecule has 0 radical (unpaired) electrons. The molecule has 2 aliphatic rings. The fourth-order valence-electron chi connectivity index (χ4n) is 3.15. The third kappa shape index (κ3) is 1.50. The predicted molar refractivity (Wildman–Crippen MR) is 66.4 cm³/mol. The van der Waals surface area contributed by atoms with E-state index in [-0.39, 0.29) is 5.97 Å². The number of esters is 1. The monoisotopic (exact) mass is 270 g/mol. The molecule has 0 spiro atoms. The van der Waals surface area contributed by atoms with Crippen LogP contribution in [-0.4, -0.2) is 12.6 Å². The van der Waals surface area contributed by atoms with Crippen LogP contribution in [0.1, 0.15) is 24.8 Å². The van der Waals surface area contributed by atoms with Crippen LogP contribution < -0.4 is 0 Å². The van der Waals surface area contributed by atoms with E-state index in [2.05, 4.69) is 0 Å². The van der Waals surface area contributed by atoms with Crippen molar-refractivity contribution in [2.75, 3.05) is 6.61 Å². The Balaban J connectivity index is 2.12. The van der Waals surface area contributed by atoms with Gasteiger partial charge in [0.15, 0.2) is 0 Å². The van der Waals surface area contributed by atoms with Crippen LogP contribution in [0, 0.1) is 5.92 Å². The van der Waals surface area contributed by atoms with Crippen LogP contribution in [0.2, 0.25) is 10.0 Å². The van der Waals surface area contributed by atoms with Crippen molar-refractivity contribution < 1.29 is 9.53 Å². The molecule has 4 heteroatoms. The topological polar surface area (TPSA) is 26.3 Å². The van der Waals surface area contributed by atoms with Gasteiger partial charge in [-0.15, -0.1) is 0 Å². The molecule has 0 aromatic heterocycles. The summed E-state index contributed by atoms with van der Waals surface area (Å²) in [5, 5.41) is 1.02. The van der Waals surface area contributed by atoms with E-state index in [9.17, 15) is 4.79 Å². The lowest BCUT2D eigenvalue weighted by atomic mass is 9.74. The Morgan fingerprint density at radius 2 is 2.12 bits per heavy atom. The Hall–Kier alpha value is -0.730. The van der Waals surface area contributed by atoms with E-state index in [0.717, 1.165) is 24.8 Å². The van der Waals surface area contributed by atoms with Crippen LogP contribution in [0.3, 0.4) is 0 Å². The molecule has 17 heavy (non-hydrogen) atoms. The molecule has 2 atom stereocenters. The summed E-state index contributed by atoms with van der Waals surface area (Å²) in [6, 6.07) is 5.48. The molecule has 2 fully saturated rings. The van der Waals surface area contributed by atoms with Crippen LogP contribution in [0.25, 0.3) is 0 Å². The maximum Gasteiger partial charge on any atom is 0.316 e. The number of halogens is 2. The summed E-state index contributed by atoms with van der Waals surface area (Å²) >= 11 is 12.0. The van der Waals surface area contributed by atoms with Crippen molar-refractivity contribution in [1.82, 2.24) is 0 Å². The molecule has 0 unspecified atom stereocenters. The van der Waals surface area contributed by atoms with Crippen LogP contribution in [0.15, 0.2) is 18.2 Å². The number of rotatable bonds is 1. The molecular weight excluding hydrogens is 259 g/mol. The van der Waals surface area contributed by atoms with Crippen LogP contribution >= 0.6 is 23.2 Å². The van der Waals surface area contributed by atoms with E-state index in [4.69, 9.17) is 27.9 Å². The minimum Gasteiger partial charge on any atom is -0.465 e. The fourth-order valence-corrected chi connectivity index (χ4v) is 3.45. The Bertz CT molecular complexity index is 486. The fraction of sp³-hybridized carbons (Fsp3) is 0.462. The SMILES string of the molecule is O=C1OC[C@H]2CCC[C@@]12c1ccc(Cl)c(Cl)c1. The lowest BCUT2D eigenvalue weighted by Gasteiger charge is -2.25. The molecule has 2 nitrogen and oxygen atoms in total. The van der Waals surface area contributed by atoms with E-state index in [0.29, 0.717) is 22.6 Å². The van der Waals surface area contributed by atoms with Gasteiger partial charge in [0.1, 0.15) is 0 Å². The largest absolute Gasteiger partial charge is 0.465 e. The Labute approximate surface area is 110 Å². The molecule has 1 aliphatic heterocycles. The highest BCUT2D eigenvalue weighted by Crippen LogP contribution is 2.51. The van der Waals surface area contributed by atoms with Gasteiger partial charge in [0.05, 0.1) is 22.1 Å². The van der Waals surface area contributed by atoms with Gasteiger partial charge in [0.2, 0.25) is 0 Å². The quantitative estimate of drug-likeness (QED) is 0.729. The molecule has 3 rings (SSSR count). The highest BCUT2D eigenvalue weighted by molar-refractivity contribution is 6.42. The molecule has 1 aliphatic carbocycles. The van der Waals surface area contributed by atoms with Gasteiger partial charge in [0, 0.05) is 5.92 Å². The van der Waals surface area contributed by atoms with Crippen LogP contribution in [0.4, 0.5) is 0 Å². The molecule has 1 aromatic rings. The molecule has 1 heterocycles. The van der Waals surface area contributed by atoms with Crippen LogP contribution in [0.5, 0.6) is 0 Å². The second kappa shape index (κ2) is 3.89. The van der Waals surface area contributed by atoms with E-state index in [1.54, 1.807) is 6.07 Å². The lowest BCUT2D eigenvalue weighted by molar-refractivity contribution is -0.142. The summed E-state index contributed by atoms with van der Waals surface area (Å²) in [4.78, 5) is 12.1. The molecule has 1 saturated heterocycles. The van der Waals surface area contributed by atoms with Crippen LogP contribution in [-0.2, 0) is 14.9 Å². The van der Waals surface area contributed by atoms with E-state index in [1.807, 2.05) is 12.1 Å². The van der Waals surface area contributed by atoms with Crippen molar-refractivity contribution in [3.05, 3.63) is 33.8 Å². The molecule has 1 aromatic carbocycles. The summed E-state index contributed by atoms with van der Waals surface area (Å²) in [6.07, 6.45) is 2.97. The van der Waals surface area contributed by atoms with Gasteiger partial charge in [-0.2, -0.15) is 0 Å². The van der Waals surface area contributed by atoms with Gasteiger partial charge in [-0.25, -0.2) is 0 Å². The molecule has 0 N–H and O–H groups in total. The van der Waals surface area contributed by atoms with E-state index >= 15 is 0 Å². The van der Waals surface area contributed by atoms with Crippen molar-refractivity contribution in [1.29, 1.82) is 0 Å². The van der Waals surface area contributed by atoms with Crippen molar-refractivity contribution in [2.24, 2.45) is 5.92 Å². The summed E-state index contributed by atoms with van der Waals surface area (Å²) in [7, 11) is 0. The highest BCUT2D eigenvalue weighted by atomic mass is 35.5. The van der Waals surface area contributed by atoms with E-state index in [1.165, 1.54) is 0 Å². The van der Waals surface area contributed by atoms with Gasteiger partial charge < -0.3 is 4.74 Å². The minimum atomic E-state index is -0.464. The van der Waals surface area contributed by atoms with Gasteiger partial charge in [-0.1, -0.05) is 35.7 Å². The normalized spacial score (nSPS) is 31.4. The first-order valence-electron chi connectivity index (χ1n) is 5.77. The second-order valence-electron chi connectivity index (χ2n) is 4.79. The third-order valence-corrected chi connectivity index (χ3v) is 4.77. The summed E-state index contributed by atoms with van der Waals surface area (Å²) < 4.78 is 5.23. The summed E-state index contributed by atoms with van der Waals surface area (Å²) in [6.45, 7) is 0.541. The molecular formula is C13H12Cl2O2. The average Bonchev–Trinajstić information content (AvgIpc) is 2.85. The van der Waals surface area contributed by atoms with Gasteiger partial charge in [-0.05, 0) is 30.5 Å². The summed E-state index contributed by atoms with van der Waals surface area (Å²) in [5.41, 5.74) is 0.491. The number of cyclic esters (lactones) is 1. The zero-order valence-electron chi connectivity index (χ0n) is 9.21. The smallest absolute Gasteiger partial charge is 0.316 e. The van der Waals surface area contributed by atoms with Crippen molar-refractivity contribution in [2.45, 2.75) is 24.7 Å². The van der Waals surface area contributed by atoms with Gasteiger partial charge in [0.25, 0.3) is 0 Å². The van der Waals surface area contributed by atoms with Crippen molar-refractivity contribution in [3.63, 3.8) is 0 Å². The Morgan fingerprint density at radius 1 is 1.29 bits per heavy atom. The zero-order valence-corrected chi connectivity index (χ0v) is 10.7. The average molecular weight is 271 g/mol. The van der Waals surface area contributed by atoms with Crippen molar-refractivity contribution >= 4 is 29.2 Å². The number of benzene rings is 1. The molecule has 90 valence electrons. The number of ether oxygens (including phenoxy) is 1. The zero-order chi connectivity index (χ0) is 12.0. The minimum absolute atomic E-state index is 0.0987. The first-order chi connectivity index (χ1) is 8.14. The number of hydrogen-bond acceptors (Lipinski definition) is 2. The maximum atomic E-state index is 12.1. The molecule has 0 amide bonds. The standard InChI is InChI=1S/C13H12Cl2O2/c14-10-4-3-8(6-11(10)15)13-5-1-2-9(13)7-17-12(13)16/h3-4,6,9H,1-2,5,7H2/t9-,13+/m1/s1. The predicted octanol–water partition coefficient (Wildman–Crippen LogP) is 3.59. The van der Waals surface area contributed by atoms with Gasteiger partial charge in [-0.3, -0.25) is 4.79 Å². The molecule has 1 saturated carbocycles. The molecule has 0 bridgehead atoms. The highest BCUT2D eigenvalue weighted by Gasteiger charge is 2.56. The Morgan fingerprint density at radius 3 is 2.88 bits per heavy atom. The van der Waals surface area contributed by atoms with Gasteiger partial charge >= 0.3 is 5.97 Å². The van der Waals surface area contributed by atoms with Crippen molar-refractivity contribution in [3.8, 4) is 0 Å². The number of hydrogen-bond donors (Lipinski definition) is 0. The lowest BCUT2D eigenvalue weighted by Crippen LogP contribution is -2.33. The number of fused-ring (bicyclic) bond motifs is 1. The number of carbonyl (C=O) groups excluding carboxylic acids is 1. The Kier molecular flexibility index (Phi) is 2.60. The first kappa shape index (κ1) is 11.4. The van der Waals surface area contributed by atoms with E-state index < -0.39 is 5.41 Å². The maximum absolute atomic E-state index is 12.1. The number of carbonyl (C=O) groups is 1. The first-order valence-corrected chi connectivity index (χ1v) is 6.53. The summed E-state index contributed by atoms with van der Waals surface area (Å²) in [5.74, 6) is 0.200. The third-order valence-electron chi connectivity index (χ3n) is 4.04. The second-order valence-corrected chi connectivity index (χ2v) is 5.60.